The molecule has 4 heteroatoms. The fourth-order valence-corrected chi connectivity index (χ4v) is 1.48. The van der Waals surface area contributed by atoms with Crippen LogP contribution in [0.1, 0.15) is 6.92 Å². The summed E-state index contributed by atoms with van der Waals surface area (Å²) < 4.78 is 1.26. The second-order valence-electron chi connectivity index (χ2n) is 2.34. The maximum absolute atomic E-state index is 9.00. The third-order valence-electron chi connectivity index (χ3n) is 1.24. The van der Waals surface area contributed by atoms with Gasteiger partial charge in [-0.3, -0.25) is 4.79 Å². The molecule has 0 unspecified atom stereocenters. The average molecular weight is 195 g/mol. The number of carboxylic acids is 1. The van der Waals surface area contributed by atoms with Crippen LogP contribution < -0.4 is 0 Å². The smallest absolute Gasteiger partial charge is 0.300 e. The molecule has 1 N–H and O–H groups in total. The fraction of sp³-hybridized carbons (Fsp3) is 0.111. The molecule has 13 heavy (non-hydrogen) atoms. The van der Waals surface area contributed by atoms with E-state index in [0.29, 0.717) is 0 Å². The van der Waals surface area contributed by atoms with Crippen molar-refractivity contribution in [3.05, 3.63) is 29.8 Å². The predicted octanol–water partition coefficient (Wildman–Crippen LogP) is 2.39. The summed E-state index contributed by atoms with van der Waals surface area (Å²) >= 11 is 1.68. The van der Waals surface area contributed by atoms with E-state index in [0.717, 1.165) is 12.4 Å². The second kappa shape index (κ2) is 4.57. The third kappa shape index (κ3) is 3.21. The Bertz CT molecular complexity index is 363. The molecule has 0 amide bonds. The van der Waals surface area contributed by atoms with E-state index in [1.165, 1.54) is 4.70 Å². The topological polar surface area (TPSA) is 50.2 Å². The van der Waals surface area contributed by atoms with Crippen LogP contribution in [0, 0.1) is 0 Å². The van der Waals surface area contributed by atoms with Gasteiger partial charge in [0.2, 0.25) is 0 Å². The molecule has 2 rings (SSSR count). The van der Waals surface area contributed by atoms with Gasteiger partial charge >= 0.3 is 0 Å². The lowest BCUT2D eigenvalue weighted by molar-refractivity contribution is -0.134. The first-order valence-electron chi connectivity index (χ1n) is 3.68. The van der Waals surface area contributed by atoms with Crippen LogP contribution >= 0.6 is 11.3 Å². The first kappa shape index (κ1) is 9.67. The second-order valence-corrected chi connectivity index (χ2v) is 3.23. The van der Waals surface area contributed by atoms with E-state index in [1.54, 1.807) is 11.3 Å². The van der Waals surface area contributed by atoms with Crippen molar-refractivity contribution < 1.29 is 9.90 Å². The number of aromatic nitrogens is 1. The minimum absolute atomic E-state index is 0.833. The zero-order chi connectivity index (χ0) is 9.68. The van der Waals surface area contributed by atoms with Crippen molar-refractivity contribution in [2.45, 2.75) is 6.92 Å². The van der Waals surface area contributed by atoms with E-state index in [9.17, 15) is 0 Å². The van der Waals surface area contributed by atoms with Crippen molar-refractivity contribution in [3.8, 4) is 0 Å². The number of hydrogen-bond donors (Lipinski definition) is 1. The molecule has 0 aliphatic heterocycles. The quantitative estimate of drug-likeness (QED) is 0.702. The molecule has 68 valence electrons. The molecule has 0 atom stereocenters. The molecule has 0 aliphatic rings. The first-order chi connectivity index (χ1) is 6.20. The van der Waals surface area contributed by atoms with Gasteiger partial charge in [-0.15, -0.1) is 11.3 Å². The summed E-state index contributed by atoms with van der Waals surface area (Å²) in [6.45, 7) is 1.08. The van der Waals surface area contributed by atoms with Gasteiger partial charge in [0.15, 0.2) is 0 Å². The van der Waals surface area contributed by atoms with Crippen LogP contribution in [0.5, 0.6) is 0 Å². The molecule has 0 aliphatic carbocycles. The number of benzene rings is 1. The summed E-state index contributed by atoms with van der Waals surface area (Å²) in [7, 11) is 0. The number of carboxylic acid groups (broad SMARTS) is 1. The number of para-hydroxylation sites is 1. The molecule has 1 heterocycles. The Hall–Kier alpha value is -1.42. The van der Waals surface area contributed by atoms with Gasteiger partial charge in [-0.2, -0.15) is 0 Å². The van der Waals surface area contributed by atoms with Gasteiger partial charge in [-0.25, -0.2) is 4.98 Å². The van der Waals surface area contributed by atoms with Gasteiger partial charge in [-0.1, -0.05) is 12.1 Å². The number of nitrogens with zero attached hydrogens (tertiary/aromatic N) is 1. The molecular weight excluding hydrogens is 186 g/mol. The van der Waals surface area contributed by atoms with Crippen molar-refractivity contribution >= 4 is 27.5 Å². The number of fused-ring (bicyclic) bond motifs is 1. The Balaban J connectivity index is 0.000000184. The molecule has 0 fully saturated rings. The van der Waals surface area contributed by atoms with Gasteiger partial charge in [0, 0.05) is 6.92 Å². The van der Waals surface area contributed by atoms with E-state index in [-0.39, 0.29) is 0 Å². The highest BCUT2D eigenvalue weighted by molar-refractivity contribution is 7.16. The number of aliphatic carboxylic acids is 1. The zero-order valence-corrected chi connectivity index (χ0v) is 7.91. The van der Waals surface area contributed by atoms with Crippen molar-refractivity contribution in [2.24, 2.45) is 0 Å². The summed E-state index contributed by atoms with van der Waals surface area (Å²) in [6, 6.07) is 8.13. The first-order valence-corrected chi connectivity index (χ1v) is 4.56. The maximum Gasteiger partial charge on any atom is 0.300 e. The molecule has 1 aromatic heterocycles. The Labute approximate surface area is 79.7 Å². The van der Waals surface area contributed by atoms with Crippen LogP contribution in [0.4, 0.5) is 0 Å². The molecule has 0 bridgehead atoms. The number of carbonyl (C=O) groups is 1. The molecule has 0 spiro atoms. The predicted molar refractivity (Wildman–Crippen MR) is 52.9 cm³/mol. The van der Waals surface area contributed by atoms with Gasteiger partial charge in [0.05, 0.1) is 15.7 Å². The van der Waals surface area contributed by atoms with E-state index in [4.69, 9.17) is 9.90 Å². The highest BCUT2D eigenvalue weighted by Crippen LogP contribution is 2.15. The molecule has 3 nitrogen and oxygen atoms in total. The minimum atomic E-state index is -0.833. The third-order valence-corrected chi connectivity index (χ3v) is 2.05. The van der Waals surface area contributed by atoms with E-state index < -0.39 is 5.97 Å². The molecule has 2 aromatic rings. The van der Waals surface area contributed by atoms with Crippen LogP contribution in [0.25, 0.3) is 10.2 Å². The minimum Gasteiger partial charge on any atom is -0.481 e. The number of hydrogen-bond acceptors (Lipinski definition) is 3. The zero-order valence-electron chi connectivity index (χ0n) is 7.10. The number of rotatable bonds is 0. The van der Waals surface area contributed by atoms with Crippen molar-refractivity contribution in [3.63, 3.8) is 0 Å². The van der Waals surface area contributed by atoms with Gasteiger partial charge in [0.1, 0.15) is 0 Å². The molecule has 0 saturated heterocycles. The van der Waals surface area contributed by atoms with Crippen LogP contribution in [0.2, 0.25) is 0 Å². The lowest BCUT2D eigenvalue weighted by atomic mass is 10.3. The largest absolute Gasteiger partial charge is 0.481 e. The van der Waals surface area contributed by atoms with Crippen molar-refractivity contribution in [1.29, 1.82) is 0 Å². The van der Waals surface area contributed by atoms with Crippen LogP contribution in [0.3, 0.4) is 0 Å². The number of thiazole rings is 1. The summed E-state index contributed by atoms with van der Waals surface area (Å²) in [6.07, 6.45) is 0. The Kier molecular flexibility index (Phi) is 3.40. The Morgan fingerprint density at radius 1 is 1.46 bits per heavy atom. The average Bonchev–Trinajstić information content (AvgIpc) is 2.49. The van der Waals surface area contributed by atoms with Crippen LogP contribution in [-0.2, 0) is 4.79 Å². The lowest BCUT2D eigenvalue weighted by Gasteiger charge is -1.80. The van der Waals surface area contributed by atoms with Crippen molar-refractivity contribution in [1.82, 2.24) is 4.98 Å². The van der Waals surface area contributed by atoms with Crippen LogP contribution in [-0.4, -0.2) is 16.1 Å². The summed E-state index contributed by atoms with van der Waals surface area (Å²) in [4.78, 5) is 13.1. The Morgan fingerprint density at radius 2 is 2.08 bits per heavy atom. The maximum atomic E-state index is 9.00. The van der Waals surface area contributed by atoms with E-state index in [2.05, 4.69) is 11.1 Å². The van der Waals surface area contributed by atoms with E-state index >= 15 is 0 Å². The monoisotopic (exact) mass is 195 g/mol. The fourth-order valence-electron chi connectivity index (χ4n) is 0.803. The Morgan fingerprint density at radius 3 is 2.69 bits per heavy atom. The lowest BCUT2D eigenvalue weighted by Crippen LogP contribution is -1.78. The molecular formula is C9H9NO2S. The van der Waals surface area contributed by atoms with Crippen molar-refractivity contribution in [2.75, 3.05) is 0 Å². The van der Waals surface area contributed by atoms with Gasteiger partial charge in [0.25, 0.3) is 5.97 Å². The molecule has 0 saturated carbocycles. The van der Waals surface area contributed by atoms with Gasteiger partial charge in [-0.05, 0) is 12.1 Å². The van der Waals surface area contributed by atoms with Gasteiger partial charge < -0.3 is 5.11 Å². The highest BCUT2D eigenvalue weighted by atomic mass is 32.1. The SMILES string of the molecule is CC(=O)O.c1ccc2scnc2c1. The summed E-state index contributed by atoms with van der Waals surface area (Å²) in [5, 5.41) is 7.42. The molecule has 1 aromatic carbocycles. The van der Waals surface area contributed by atoms with Crippen LogP contribution in [0.15, 0.2) is 29.8 Å². The normalized spacial score (nSPS) is 9.00. The summed E-state index contributed by atoms with van der Waals surface area (Å²) in [5.41, 5.74) is 2.97. The highest BCUT2D eigenvalue weighted by Gasteiger charge is 1.89. The van der Waals surface area contributed by atoms with E-state index in [1.807, 2.05) is 23.7 Å². The standard InChI is InChI=1S/C7H5NS.C2H4O2/c1-2-4-7-6(3-1)8-5-9-7;1-2(3)4/h1-5H;1H3,(H,3,4). The molecule has 0 radical (unpaired) electrons. The summed E-state index contributed by atoms with van der Waals surface area (Å²) in [5.74, 6) is -0.833.